The molecule has 1 atom stereocenters. The van der Waals surface area contributed by atoms with Crippen molar-refractivity contribution in [1.82, 2.24) is 10.3 Å². The van der Waals surface area contributed by atoms with E-state index in [1.54, 1.807) is 7.05 Å². The number of halogens is 3. The van der Waals surface area contributed by atoms with Crippen molar-refractivity contribution < 1.29 is 18.0 Å². The lowest BCUT2D eigenvalue weighted by Crippen LogP contribution is -2.29. The van der Waals surface area contributed by atoms with Gasteiger partial charge in [-0.25, -0.2) is 4.98 Å². The summed E-state index contributed by atoms with van der Waals surface area (Å²) in [5, 5.41) is 5.46. The summed E-state index contributed by atoms with van der Waals surface area (Å²) >= 11 is 0. The van der Waals surface area contributed by atoms with Crippen LogP contribution in [0.2, 0.25) is 0 Å². The van der Waals surface area contributed by atoms with Gasteiger partial charge in [-0.1, -0.05) is 37.3 Å². The van der Waals surface area contributed by atoms with Crippen LogP contribution in [0.4, 0.5) is 19.0 Å². The predicted molar refractivity (Wildman–Crippen MR) is 90.1 cm³/mol. The van der Waals surface area contributed by atoms with E-state index in [9.17, 15) is 18.0 Å². The van der Waals surface area contributed by atoms with Crippen LogP contribution in [0.1, 0.15) is 36.0 Å². The number of carbonyl (C=O) groups excluding carboxylic acids is 1. The average molecular weight is 351 g/mol. The molecule has 0 aliphatic heterocycles. The van der Waals surface area contributed by atoms with Crippen molar-refractivity contribution in [2.24, 2.45) is 0 Å². The number of hydrogen-bond acceptors (Lipinski definition) is 3. The molecule has 0 radical (unpaired) electrons. The maximum Gasteiger partial charge on any atom is 0.417 e. The third-order valence-electron chi connectivity index (χ3n) is 3.91. The lowest BCUT2D eigenvalue weighted by atomic mass is 9.95. The molecule has 0 fully saturated rings. The summed E-state index contributed by atoms with van der Waals surface area (Å²) in [6.45, 7) is 1.86. The first-order chi connectivity index (χ1) is 11.9. The van der Waals surface area contributed by atoms with Crippen LogP contribution in [0.25, 0.3) is 0 Å². The molecule has 1 aromatic heterocycles. The molecular formula is C18H20F3N3O. The number of aromatic nitrogens is 1. The van der Waals surface area contributed by atoms with E-state index in [1.165, 1.54) is 0 Å². The smallest absolute Gasteiger partial charge is 0.373 e. The fourth-order valence-corrected chi connectivity index (χ4v) is 2.59. The number of pyridine rings is 1. The summed E-state index contributed by atoms with van der Waals surface area (Å²) in [5.41, 5.74) is 0.318. The molecule has 0 spiro atoms. The van der Waals surface area contributed by atoms with Crippen LogP contribution in [0.15, 0.2) is 42.6 Å². The van der Waals surface area contributed by atoms with Crippen molar-refractivity contribution >= 4 is 11.7 Å². The Labute approximate surface area is 144 Å². The second kappa shape index (κ2) is 8.00. The van der Waals surface area contributed by atoms with Gasteiger partial charge in [0.05, 0.1) is 11.5 Å². The minimum atomic E-state index is -4.48. The Bertz CT molecular complexity index is 717. The normalized spacial score (nSPS) is 12.5. The highest BCUT2D eigenvalue weighted by Crippen LogP contribution is 2.30. The van der Waals surface area contributed by atoms with Gasteiger partial charge in [-0.15, -0.1) is 0 Å². The van der Waals surface area contributed by atoms with Gasteiger partial charge >= 0.3 is 6.18 Å². The Hall–Kier alpha value is -2.57. The standard InChI is InChI=1S/C18H20F3N3O/c1-3-15(12-7-5-4-6-8-12)17(25)24-10-13-9-14(18(19,20)21)11-23-16(13)22-2/h4-9,11,15H,3,10H2,1-2H3,(H,22,23)(H,24,25). The predicted octanol–water partition coefficient (Wildman–Crippen LogP) is 3.95. The van der Waals surface area contributed by atoms with Crippen molar-refractivity contribution in [2.75, 3.05) is 12.4 Å². The van der Waals surface area contributed by atoms with Crippen molar-refractivity contribution in [2.45, 2.75) is 32.0 Å². The third-order valence-corrected chi connectivity index (χ3v) is 3.91. The SMILES string of the molecule is CCC(C(=O)NCc1cc(C(F)(F)F)cnc1NC)c1ccccc1. The van der Waals surface area contributed by atoms with E-state index in [0.717, 1.165) is 17.8 Å². The van der Waals surface area contributed by atoms with Gasteiger partial charge in [0.2, 0.25) is 5.91 Å². The van der Waals surface area contributed by atoms with Gasteiger partial charge in [-0.3, -0.25) is 4.79 Å². The zero-order chi connectivity index (χ0) is 18.4. The molecule has 134 valence electrons. The number of benzene rings is 1. The van der Waals surface area contributed by atoms with Gasteiger partial charge in [-0.2, -0.15) is 13.2 Å². The van der Waals surface area contributed by atoms with Crippen LogP contribution in [0.3, 0.4) is 0 Å². The van der Waals surface area contributed by atoms with Gasteiger partial charge in [-0.05, 0) is 18.1 Å². The molecule has 2 aromatic rings. The Morgan fingerprint density at radius 3 is 2.48 bits per heavy atom. The number of rotatable bonds is 6. The van der Waals surface area contributed by atoms with Crippen LogP contribution in [-0.4, -0.2) is 17.9 Å². The number of carbonyl (C=O) groups is 1. The molecule has 1 unspecified atom stereocenters. The van der Waals surface area contributed by atoms with Crippen molar-refractivity contribution in [3.63, 3.8) is 0 Å². The molecule has 0 bridgehead atoms. The Balaban J connectivity index is 2.15. The highest BCUT2D eigenvalue weighted by molar-refractivity contribution is 5.83. The van der Waals surface area contributed by atoms with E-state index in [4.69, 9.17) is 0 Å². The summed E-state index contributed by atoms with van der Waals surface area (Å²) in [4.78, 5) is 16.2. The van der Waals surface area contributed by atoms with Crippen LogP contribution < -0.4 is 10.6 Å². The lowest BCUT2D eigenvalue weighted by Gasteiger charge is -2.17. The molecule has 0 saturated heterocycles. The van der Waals surface area contributed by atoms with Crippen LogP contribution in [0.5, 0.6) is 0 Å². The second-order valence-corrected chi connectivity index (χ2v) is 5.57. The highest BCUT2D eigenvalue weighted by Gasteiger charge is 2.31. The summed E-state index contributed by atoms with van der Waals surface area (Å²) in [6.07, 6.45) is -3.11. The van der Waals surface area contributed by atoms with Crippen molar-refractivity contribution in [1.29, 1.82) is 0 Å². The van der Waals surface area contributed by atoms with Crippen LogP contribution in [-0.2, 0) is 17.5 Å². The minimum Gasteiger partial charge on any atom is -0.373 e. The van der Waals surface area contributed by atoms with Gasteiger partial charge in [0, 0.05) is 25.4 Å². The summed E-state index contributed by atoms with van der Waals surface area (Å²) in [6, 6.07) is 10.3. The molecule has 1 amide bonds. The maximum atomic E-state index is 12.9. The summed E-state index contributed by atoms with van der Waals surface area (Å²) in [5.74, 6) is -0.271. The van der Waals surface area contributed by atoms with E-state index in [1.807, 2.05) is 37.3 Å². The van der Waals surface area contributed by atoms with Crippen LogP contribution in [0, 0.1) is 0 Å². The van der Waals surface area contributed by atoms with Gasteiger partial charge in [0.15, 0.2) is 0 Å². The first-order valence-electron chi connectivity index (χ1n) is 7.93. The van der Waals surface area contributed by atoms with E-state index < -0.39 is 11.7 Å². The van der Waals surface area contributed by atoms with E-state index in [-0.39, 0.29) is 23.9 Å². The fraction of sp³-hybridized carbons (Fsp3) is 0.333. The minimum absolute atomic E-state index is 0.0325. The molecule has 2 N–H and O–H groups in total. The molecule has 0 aliphatic carbocycles. The van der Waals surface area contributed by atoms with Gasteiger partial charge < -0.3 is 10.6 Å². The van der Waals surface area contributed by atoms with E-state index in [0.29, 0.717) is 12.2 Å². The van der Waals surface area contributed by atoms with Crippen molar-refractivity contribution in [3.8, 4) is 0 Å². The molecular weight excluding hydrogens is 331 g/mol. The first kappa shape index (κ1) is 18.8. The third kappa shape index (κ3) is 4.71. The van der Waals surface area contributed by atoms with Gasteiger partial charge in [0.25, 0.3) is 0 Å². The molecule has 25 heavy (non-hydrogen) atoms. The van der Waals surface area contributed by atoms with Crippen molar-refractivity contribution in [3.05, 3.63) is 59.3 Å². The topological polar surface area (TPSA) is 54.0 Å². The fourth-order valence-electron chi connectivity index (χ4n) is 2.59. The quantitative estimate of drug-likeness (QED) is 0.828. The number of alkyl halides is 3. The molecule has 0 saturated carbocycles. The lowest BCUT2D eigenvalue weighted by molar-refractivity contribution is -0.137. The molecule has 1 heterocycles. The monoisotopic (exact) mass is 351 g/mol. The largest absolute Gasteiger partial charge is 0.417 e. The first-order valence-corrected chi connectivity index (χ1v) is 7.93. The Morgan fingerprint density at radius 1 is 1.24 bits per heavy atom. The van der Waals surface area contributed by atoms with Crippen LogP contribution >= 0.6 is 0 Å². The van der Waals surface area contributed by atoms with E-state index in [2.05, 4.69) is 15.6 Å². The number of amides is 1. The Kier molecular flexibility index (Phi) is 6.01. The maximum absolute atomic E-state index is 12.9. The zero-order valence-corrected chi connectivity index (χ0v) is 14.0. The molecule has 0 aliphatic rings. The molecule has 2 rings (SSSR count). The molecule has 4 nitrogen and oxygen atoms in total. The number of nitrogens with zero attached hydrogens (tertiary/aromatic N) is 1. The molecule has 1 aromatic carbocycles. The zero-order valence-electron chi connectivity index (χ0n) is 14.0. The second-order valence-electron chi connectivity index (χ2n) is 5.57. The highest BCUT2D eigenvalue weighted by atomic mass is 19.4. The number of anilines is 1. The summed E-state index contributed by atoms with van der Waals surface area (Å²) < 4.78 is 38.6. The summed E-state index contributed by atoms with van der Waals surface area (Å²) in [7, 11) is 1.57. The number of nitrogens with one attached hydrogen (secondary N) is 2. The number of hydrogen-bond donors (Lipinski definition) is 2. The average Bonchev–Trinajstić information content (AvgIpc) is 2.60. The van der Waals surface area contributed by atoms with E-state index >= 15 is 0 Å². The molecule has 7 heteroatoms. The Morgan fingerprint density at radius 2 is 1.92 bits per heavy atom. The van der Waals surface area contributed by atoms with Gasteiger partial charge in [0.1, 0.15) is 5.82 Å².